The first kappa shape index (κ1) is 17.1. The van der Waals surface area contributed by atoms with Crippen LogP contribution in [0.5, 0.6) is 0 Å². The molecule has 4 nitrogen and oxygen atoms in total. The molecule has 0 saturated carbocycles. The van der Waals surface area contributed by atoms with Gasteiger partial charge in [-0.05, 0) is 56.4 Å². The molecule has 0 spiro atoms. The van der Waals surface area contributed by atoms with Gasteiger partial charge in [0.25, 0.3) is 5.91 Å². The van der Waals surface area contributed by atoms with Crippen LogP contribution in [0.2, 0.25) is 5.02 Å². The van der Waals surface area contributed by atoms with Crippen LogP contribution in [0.1, 0.15) is 58.4 Å². The first-order chi connectivity index (χ1) is 10.3. The lowest BCUT2D eigenvalue weighted by Crippen LogP contribution is -2.59. The summed E-state index contributed by atoms with van der Waals surface area (Å²) < 4.78 is 0. The minimum absolute atomic E-state index is 0.118. The zero-order chi connectivity index (χ0) is 16.5. The summed E-state index contributed by atoms with van der Waals surface area (Å²) in [7, 11) is 0. The summed E-state index contributed by atoms with van der Waals surface area (Å²) in [6.07, 6.45) is 2.66. The Morgan fingerprint density at radius 2 is 2.23 bits per heavy atom. The highest BCUT2D eigenvalue weighted by Gasteiger charge is 2.41. The van der Waals surface area contributed by atoms with Crippen molar-refractivity contribution < 1.29 is 4.79 Å². The molecule has 3 N–H and O–H groups in total. The van der Waals surface area contributed by atoms with Crippen molar-refractivity contribution in [2.45, 2.75) is 64.5 Å². The summed E-state index contributed by atoms with van der Waals surface area (Å²) in [6.45, 7) is 8.67. The van der Waals surface area contributed by atoms with Crippen molar-refractivity contribution in [3.63, 3.8) is 0 Å². The molecule has 1 amide bonds. The molecule has 1 aliphatic rings. The lowest BCUT2D eigenvalue weighted by atomic mass is 9.78. The first-order valence-electron chi connectivity index (χ1n) is 7.91. The molecule has 22 heavy (non-hydrogen) atoms. The van der Waals surface area contributed by atoms with E-state index in [0.717, 1.165) is 30.0 Å². The van der Waals surface area contributed by atoms with Crippen molar-refractivity contribution in [1.29, 1.82) is 0 Å². The number of nitrogens with zero attached hydrogens (tertiary/aromatic N) is 1. The maximum atomic E-state index is 12.3. The quantitative estimate of drug-likeness (QED) is 0.506. The van der Waals surface area contributed by atoms with Gasteiger partial charge in [0.15, 0.2) is 0 Å². The van der Waals surface area contributed by atoms with Crippen LogP contribution in [0, 0.1) is 0 Å². The van der Waals surface area contributed by atoms with Crippen LogP contribution in [0.15, 0.2) is 18.2 Å². The number of carbonyl (C=O) groups excluding carboxylic acids is 1. The zero-order valence-corrected chi connectivity index (χ0v) is 14.6. The van der Waals surface area contributed by atoms with Crippen LogP contribution >= 0.6 is 11.6 Å². The van der Waals surface area contributed by atoms with Crippen LogP contribution in [-0.4, -0.2) is 17.5 Å². The Bertz CT molecular complexity index is 559. The maximum Gasteiger partial charge on any atom is 0.256 e. The Morgan fingerprint density at radius 1 is 1.55 bits per heavy atom. The molecule has 0 radical (unpaired) electrons. The Hall–Kier alpha value is -1.26. The molecule has 1 heterocycles. The molecule has 0 aliphatic carbocycles. The van der Waals surface area contributed by atoms with E-state index in [-0.39, 0.29) is 17.5 Å². The molecule has 0 unspecified atom stereocenters. The van der Waals surface area contributed by atoms with Gasteiger partial charge in [-0.25, -0.2) is 5.84 Å². The summed E-state index contributed by atoms with van der Waals surface area (Å²) in [5, 5.41) is 0.737. The van der Waals surface area contributed by atoms with E-state index >= 15 is 0 Å². The summed E-state index contributed by atoms with van der Waals surface area (Å²) in [5.41, 5.74) is 4.51. The normalized spacial score (nSPS) is 21.2. The lowest BCUT2D eigenvalue weighted by Gasteiger charge is -2.50. The third-order valence-corrected chi connectivity index (χ3v) is 4.79. The highest BCUT2D eigenvalue weighted by molar-refractivity contribution is 6.30. The van der Waals surface area contributed by atoms with Gasteiger partial charge in [0.1, 0.15) is 6.04 Å². The molecule has 1 aliphatic heterocycles. The fourth-order valence-corrected chi connectivity index (χ4v) is 3.94. The minimum atomic E-state index is -0.266. The van der Waals surface area contributed by atoms with Gasteiger partial charge in [-0.3, -0.25) is 10.2 Å². The molecule has 0 aromatic heterocycles. The number of fused-ring (bicyclic) bond motifs is 1. The molecule has 5 heteroatoms. The maximum absolute atomic E-state index is 12.3. The van der Waals surface area contributed by atoms with E-state index in [2.05, 4.69) is 38.0 Å². The number of anilines is 1. The van der Waals surface area contributed by atoms with Crippen molar-refractivity contribution >= 4 is 23.2 Å². The second-order valence-corrected chi connectivity index (χ2v) is 7.24. The first-order valence-corrected chi connectivity index (χ1v) is 8.29. The predicted molar refractivity (Wildman–Crippen MR) is 92.1 cm³/mol. The van der Waals surface area contributed by atoms with E-state index in [1.807, 2.05) is 18.2 Å². The molecular weight excluding hydrogens is 298 g/mol. The second kappa shape index (κ2) is 6.47. The van der Waals surface area contributed by atoms with Gasteiger partial charge in [0, 0.05) is 16.2 Å². The van der Waals surface area contributed by atoms with Crippen molar-refractivity contribution in [3.8, 4) is 0 Å². The smallest absolute Gasteiger partial charge is 0.256 e. The fourth-order valence-electron chi connectivity index (χ4n) is 3.76. The lowest BCUT2D eigenvalue weighted by molar-refractivity contribution is -0.123. The van der Waals surface area contributed by atoms with Gasteiger partial charge in [-0.2, -0.15) is 0 Å². The molecule has 0 fully saturated rings. The van der Waals surface area contributed by atoms with Crippen molar-refractivity contribution in [2.75, 3.05) is 4.90 Å². The molecule has 1 aromatic carbocycles. The largest absolute Gasteiger partial charge is 0.354 e. The number of hydrogen-bond acceptors (Lipinski definition) is 3. The summed E-state index contributed by atoms with van der Waals surface area (Å²) in [5.74, 6) is 5.69. The second-order valence-electron chi connectivity index (χ2n) is 6.80. The number of hydrogen-bond donors (Lipinski definition) is 2. The third-order valence-electron chi connectivity index (χ3n) is 4.56. The molecule has 2 atom stereocenters. The highest BCUT2D eigenvalue weighted by atomic mass is 35.5. The van der Waals surface area contributed by atoms with Crippen LogP contribution in [0.25, 0.3) is 0 Å². The molecule has 122 valence electrons. The number of rotatable bonds is 4. The highest BCUT2D eigenvalue weighted by Crippen LogP contribution is 2.45. The number of hydrazine groups is 1. The van der Waals surface area contributed by atoms with Crippen LogP contribution in [0.3, 0.4) is 0 Å². The monoisotopic (exact) mass is 323 g/mol. The van der Waals surface area contributed by atoms with Gasteiger partial charge in [-0.15, -0.1) is 0 Å². The summed E-state index contributed by atoms with van der Waals surface area (Å²) in [4.78, 5) is 14.6. The van der Waals surface area contributed by atoms with E-state index in [4.69, 9.17) is 17.4 Å². The Balaban J connectivity index is 2.56. The zero-order valence-electron chi connectivity index (χ0n) is 13.8. The number of amides is 1. The van der Waals surface area contributed by atoms with Crippen LogP contribution in [0.4, 0.5) is 5.69 Å². The Labute approximate surface area is 138 Å². The third kappa shape index (κ3) is 3.08. The Morgan fingerprint density at radius 3 is 2.82 bits per heavy atom. The number of nitrogens with one attached hydrogen (secondary N) is 1. The molecule has 2 rings (SSSR count). The average molecular weight is 324 g/mol. The SMILES string of the molecule is CCC[C@@H](C(=O)NN)N1c2ccc(Cl)cc2[C@@H](C)CC1(C)C. The van der Waals surface area contributed by atoms with Gasteiger partial charge >= 0.3 is 0 Å². The molecule has 0 bridgehead atoms. The summed E-state index contributed by atoms with van der Waals surface area (Å²) in [6, 6.07) is 5.68. The molecular formula is C17H26ClN3O. The van der Waals surface area contributed by atoms with Gasteiger partial charge in [0.2, 0.25) is 0 Å². The van der Waals surface area contributed by atoms with Crippen molar-refractivity contribution in [2.24, 2.45) is 5.84 Å². The average Bonchev–Trinajstić information content (AvgIpc) is 2.45. The van der Waals surface area contributed by atoms with Crippen LogP contribution < -0.4 is 16.2 Å². The van der Waals surface area contributed by atoms with E-state index < -0.39 is 0 Å². The summed E-state index contributed by atoms with van der Waals surface area (Å²) >= 11 is 6.17. The van der Waals surface area contributed by atoms with E-state index in [1.165, 1.54) is 5.56 Å². The van der Waals surface area contributed by atoms with Gasteiger partial charge in [-0.1, -0.05) is 31.9 Å². The van der Waals surface area contributed by atoms with Gasteiger partial charge in [0.05, 0.1) is 0 Å². The number of benzene rings is 1. The number of carbonyl (C=O) groups is 1. The fraction of sp³-hybridized carbons (Fsp3) is 0.588. The van der Waals surface area contributed by atoms with Crippen molar-refractivity contribution in [1.82, 2.24) is 5.43 Å². The molecule has 1 aromatic rings. The Kier molecular flexibility index (Phi) is 5.03. The van der Waals surface area contributed by atoms with E-state index in [0.29, 0.717) is 5.92 Å². The van der Waals surface area contributed by atoms with E-state index in [1.54, 1.807) is 0 Å². The number of nitrogens with two attached hydrogens (primary N) is 1. The van der Waals surface area contributed by atoms with E-state index in [9.17, 15) is 4.79 Å². The number of halogens is 1. The van der Waals surface area contributed by atoms with Crippen molar-refractivity contribution in [3.05, 3.63) is 28.8 Å². The predicted octanol–water partition coefficient (Wildman–Crippen LogP) is 3.59. The van der Waals surface area contributed by atoms with Gasteiger partial charge < -0.3 is 4.90 Å². The minimum Gasteiger partial charge on any atom is -0.354 e. The standard InChI is InChI=1S/C17H26ClN3O/c1-5-6-15(16(22)20-19)21-14-8-7-12(18)9-13(14)11(2)10-17(21,3)4/h7-9,11,15H,5-6,10,19H2,1-4H3,(H,20,22)/t11-,15-/m0/s1. The van der Waals surface area contributed by atoms with Crippen LogP contribution in [-0.2, 0) is 4.79 Å². The molecule has 0 saturated heterocycles. The topological polar surface area (TPSA) is 58.4 Å².